The molecule has 0 aliphatic carbocycles. The van der Waals surface area contributed by atoms with Crippen LogP contribution in [0, 0.1) is 0 Å². The van der Waals surface area contributed by atoms with Crippen molar-refractivity contribution >= 4 is 30.5 Å². The Kier molecular flexibility index (Phi) is 5.47. The number of carbonyl (C=O) groups is 1. The van der Waals surface area contributed by atoms with Gasteiger partial charge in [-0.1, -0.05) is 6.07 Å². The highest BCUT2D eigenvalue weighted by Gasteiger charge is 2.31. The van der Waals surface area contributed by atoms with Gasteiger partial charge in [-0.3, -0.25) is 0 Å². The molecule has 1 aromatic heterocycles. The standard InChI is InChI=1S/C13H11F3N2O3S2/c1-20-12(19)8-3-2-4-10(23-13(14,15)16)9(8)7-21-11-5-6-18(22)17-11/h2-6,22H,7H2,1H3. The highest BCUT2D eigenvalue weighted by molar-refractivity contribution is 8.00. The third-order valence-corrected chi connectivity index (χ3v) is 3.74. The molecule has 0 fully saturated rings. The molecule has 1 heterocycles. The number of esters is 1. The number of aromatic nitrogens is 2. The van der Waals surface area contributed by atoms with E-state index in [0.29, 0.717) is 0 Å². The molecule has 0 aliphatic heterocycles. The average Bonchev–Trinajstić information content (AvgIpc) is 2.89. The van der Waals surface area contributed by atoms with Crippen molar-refractivity contribution in [2.24, 2.45) is 0 Å². The summed E-state index contributed by atoms with van der Waals surface area (Å²) in [7, 11) is 1.15. The van der Waals surface area contributed by atoms with Crippen LogP contribution in [0.4, 0.5) is 13.2 Å². The number of ether oxygens (including phenoxy) is 2. The lowest BCUT2D eigenvalue weighted by molar-refractivity contribution is -0.0328. The van der Waals surface area contributed by atoms with E-state index in [1.54, 1.807) is 0 Å². The molecule has 23 heavy (non-hydrogen) atoms. The lowest BCUT2D eigenvalue weighted by Crippen LogP contribution is -2.11. The van der Waals surface area contributed by atoms with Crippen molar-refractivity contribution in [1.29, 1.82) is 0 Å². The number of benzene rings is 1. The molecule has 0 spiro atoms. The normalized spacial score (nSPS) is 11.3. The quantitative estimate of drug-likeness (QED) is 0.500. The van der Waals surface area contributed by atoms with E-state index in [2.05, 4.69) is 22.7 Å². The summed E-state index contributed by atoms with van der Waals surface area (Å²) in [5, 5.41) is 3.84. The van der Waals surface area contributed by atoms with Crippen molar-refractivity contribution in [3.05, 3.63) is 41.6 Å². The van der Waals surface area contributed by atoms with Crippen LogP contribution in [0.2, 0.25) is 0 Å². The first kappa shape index (κ1) is 17.5. The van der Waals surface area contributed by atoms with E-state index >= 15 is 0 Å². The van der Waals surface area contributed by atoms with Crippen LogP contribution in [0.25, 0.3) is 0 Å². The molecule has 1 aromatic carbocycles. The summed E-state index contributed by atoms with van der Waals surface area (Å²) >= 11 is 3.61. The molecule has 2 rings (SSSR count). The Morgan fingerprint density at radius 2 is 2.13 bits per heavy atom. The number of alkyl halides is 3. The fraction of sp³-hybridized carbons (Fsp3) is 0.231. The molecule has 2 aromatic rings. The monoisotopic (exact) mass is 364 g/mol. The zero-order chi connectivity index (χ0) is 17.0. The molecule has 124 valence electrons. The number of nitrogens with zero attached hydrogens (tertiary/aromatic N) is 2. The van der Waals surface area contributed by atoms with E-state index < -0.39 is 11.5 Å². The lowest BCUT2D eigenvalue weighted by Gasteiger charge is -2.14. The molecule has 0 saturated carbocycles. The van der Waals surface area contributed by atoms with Gasteiger partial charge >= 0.3 is 11.5 Å². The molecule has 0 aliphatic rings. The zero-order valence-electron chi connectivity index (χ0n) is 11.7. The highest BCUT2D eigenvalue weighted by Crippen LogP contribution is 2.39. The first-order chi connectivity index (χ1) is 10.8. The second-order valence-corrected chi connectivity index (χ2v) is 5.70. The predicted octanol–water partition coefficient (Wildman–Crippen LogP) is 3.55. The number of thioether (sulfide) groups is 1. The minimum atomic E-state index is -4.49. The molecule has 0 saturated heterocycles. The summed E-state index contributed by atoms with van der Waals surface area (Å²) in [6, 6.07) is 5.49. The molecule has 10 heteroatoms. The number of carbonyl (C=O) groups excluding carboxylic acids is 1. The van der Waals surface area contributed by atoms with Crippen molar-refractivity contribution in [2.45, 2.75) is 17.0 Å². The molecule has 5 nitrogen and oxygen atoms in total. The van der Waals surface area contributed by atoms with Gasteiger partial charge in [-0.25, -0.2) is 8.88 Å². The van der Waals surface area contributed by atoms with Gasteiger partial charge < -0.3 is 9.47 Å². The van der Waals surface area contributed by atoms with E-state index in [4.69, 9.17) is 4.74 Å². The van der Waals surface area contributed by atoms with E-state index in [0.717, 1.165) is 7.11 Å². The third-order valence-electron chi connectivity index (χ3n) is 2.68. The van der Waals surface area contributed by atoms with Crippen molar-refractivity contribution in [2.75, 3.05) is 7.11 Å². The summed E-state index contributed by atoms with van der Waals surface area (Å²) in [5.74, 6) is -0.574. The first-order valence-electron chi connectivity index (χ1n) is 6.14. The summed E-state index contributed by atoms with van der Waals surface area (Å²) in [5.41, 5.74) is -4.40. The van der Waals surface area contributed by atoms with Crippen molar-refractivity contribution < 1.29 is 27.4 Å². The third kappa shape index (κ3) is 4.83. The van der Waals surface area contributed by atoms with Crippen LogP contribution in [0.5, 0.6) is 5.88 Å². The average molecular weight is 364 g/mol. The Hall–Kier alpha value is -1.81. The fourth-order valence-corrected chi connectivity index (χ4v) is 2.60. The van der Waals surface area contributed by atoms with Gasteiger partial charge in [0, 0.05) is 22.7 Å². The molecule has 0 unspecified atom stereocenters. The van der Waals surface area contributed by atoms with E-state index in [9.17, 15) is 18.0 Å². The first-order valence-corrected chi connectivity index (χ1v) is 7.35. The number of methoxy groups -OCH3 is 1. The van der Waals surface area contributed by atoms with Crippen LogP contribution in [0.15, 0.2) is 35.4 Å². The van der Waals surface area contributed by atoms with Gasteiger partial charge in [-0.15, -0.1) is 5.10 Å². The van der Waals surface area contributed by atoms with Crippen LogP contribution < -0.4 is 4.74 Å². The Morgan fingerprint density at radius 1 is 1.39 bits per heavy atom. The molecule has 0 radical (unpaired) electrons. The topological polar surface area (TPSA) is 53.4 Å². The SMILES string of the molecule is COC(=O)c1cccc(SC(F)(F)F)c1COc1ccn(S)n1. The zero-order valence-corrected chi connectivity index (χ0v) is 13.4. The Labute approximate surface area is 139 Å². The number of hydrogen-bond acceptors (Lipinski definition) is 6. The molecular weight excluding hydrogens is 353 g/mol. The largest absolute Gasteiger partial charge is 0.472 e. The molecule has 0 amide bonds. The smallest absolute Gasteiger partial charge is 0.446 e. The Balaban J connectivity index is 2.33. The maximum Gasteiger partial charge on any atom is 0.446 e. The second kappa shape index (κ2) is 7.18. The van der Waals surface area contributed by atoms with Gasteiger partial charge in [0.1, 0.15) is 6.61 Å². The van der Waals surface area contributed by atoms with E-state index in [-0.39, 0.29) is 40.3 Å². The fourth-order valence-electron chi connectivity index (χ4n) is 1.76. The maximum atomic E-state index is 12.7. The van der Waals surface area contributed by atoms with E-state index in [1.165, 1.54) is 34.5 Å². The number of thiol groups is 1. The van der Waals surface area contributed by atoms with Gasteiger partial charge in [-0.05, 0) is 36.7 Å². The van der Waals surface area contributed by atoms with Gasteiger partial charge in [0.15, 0.2) is 0 Å². The van der Waals surface area contributed by atoms with E-state index in [1.807, 2.05) is 0 Å². The number of hydrogen-bond donors (Lipinski definition) is 1. The second-order valence-electron chi connectivity index (χ2n) is 4.18. The minimum Gasteiger partial charge on any atom is -0.472 e. The molecule has 0 N–H and O–H groups in total. The van der Waals surface area contributed by atoms with Crippen molar-refractivity contribution in [1.82, 2.24) is 9.19 Å². The molecule has 0 atom stereocenters. The Morgan fingerprint density at radius 3 is 2.70 bits per heavy atom. The van der Waals surface area contributed by atoms with Crippen LogP contribution in [0.3, 0.4) is 0 Å². The maximum absolute atomic E-state index is 12.7. The molecular formula is C13H11F3N2O3S2. The van der Waals surface area contributed by atoms with Crippen LogP contribution in [-0.2, 0) is 11.3 Å². The molecule has 0 bridgehead atoms. The van der Waals surface area contributed by atoms with Crippen molar-refractivity contribution in [3.8, 4) is 5.88 Å². The van der Waals surface area contributed by atoms with Gasteiger partial charge in [0.25, 0.3) is 0 Å². The van der Waals surface area contributed by atoms with Crippen LogP contribution in [-0.4, -0.2) is 27.8 Å². The summed E-state index contributed by atoms with van der Waals surface area (Å²) in [4.78, 5) is 11.6. The Bertz CT molecular complexity index is 704. The van der Waals surface area contributed by atoms with Gasteiger partial charge in [0.05, 0.1) is 12.7 Å². The summed E-state index contributed by atoms with van der Waals surface area (Å²) in [6.45, 7) is -0.269. The lowest BCUT2D eigenvalue weighted by atomic mass is 10.1. The summed E-state index contributed by atoms with van der Waals surface area (Å²) < 4.78 is 49.2. The summed E-state index contributed by atoms with van der Waals surface area (Å²) in [6.07, 6.45) is 1.50. The number of halogens is 3. The number of rotatable bonds is 5. The van der Waals surface area contributed by atoms with Crippen molar-refractivity contribution in [3.63, 3.8) is 0 Å². The van der Waals surface area contributed by atoms with Gasteiger partial charge in [-0.2, -0.15) is 13.2 Å². The highest BCUT2D eigenvalue weighted by atomic mass is 32.2. The minimum absolute atomic E-state index is 0.00653. The van der Waals surface area contributed by atoms with Crippen LogP contribution in [0.1, 0.15) is 15.9 Å². The van der Waals surface area contributed by atoms with Gasteiger partial charge in [0.2, 0.25) is 5.88 Å². The van der Waals surface area contributed by atoms with Crippen LogP contribution >= 0.6 is 24.6 Å². The predicted molar refractivity (Wildman–Crippen MR) is 80.6 cm³/mol.